The Bertz CT molecular complexity index is 465. The Labute approximate surface area is 130 Å². The Kier molecular flexibility index (Phi) is 6.53. The molecule has 1 fully saturated rings. The van der Waals surface area contributed by atoms with Gasteiger partial charge in [-0.25, -0.2) is 8.78 Å². The first kappa shape index (κ1) is 18.3. The third-order valence-electron chi connectivity index (χ3n) is 4.07. The largest absolute Gasteiger partial charge is 0.390 e. The van der Waals surface area contributed by atoms with Gasteiger partial charge in [0.05, 0.1) is 0 Å². The number of aliphatic hydroxyl groups is 1. The Hall–Kier alpha value is -0.750. The molecule has 0 unspecified atom stereocenters. The average Bonchev–Trinajstić information content (AvgIpc) is 2.45. The van der Waals surface area contributed by atoms with Gasteiger partial charge in [0.1, 0.15) is 12.6 Å². The van der Waals surface area contributed by atoms with Gasteiger partial charge in [0.15, 0.2) is 0 Å². The zero-order chi connectivity index (χ0) is 14.8. The predicted molar refractivity (Wildman–Crippen MR) is 82.4 cm³/mol. The molecule has 0 bridgehead atoms. The highest BCUT2D eigenvalue weighted by Crippen LogP contribution is 2.38. The van der Waals surface area contributed by atoms with Crippen molar-refractivity contribution in [2.24, 2.45) is 0 Å². The fraction of sp³-hybridized carbons (Fsp3) is 0.600. The van der Waals surface area contributed by atoms with E-state index in [1.165, 1.54) is 0 Å². The summed E-state index contributed by atoms with van der Waals surface area (Å²) in [6.45, 7) is 5.18. The summed E-state index contributed by atoms with van der Waals surface area (Å²) in [6.07, 6.45) is 0. The Morgan fingerprint density at radius 3 is 2.48 bits per heavy atom. The normalized spacial score (nSPS) is 18.1. The zero-order valence-electron chi connectivity index (χ0n) is 12.4. The molecule has 3 nitrogen and oxygen atoms in total. The smallest absolute Gasteiger partial charge is 0.289 e. The van der Waals surface area contributed by atoms with E-state index in [1.807, 2.05) is 19.9 Å². The first-order valence-corrected chi connectivity index (χ1v) is 6.97. The summed E-state index contributed by atoms with van der Waals surface area (Å²) in [5, 5.41) is 12.3. The number of nitrogens with one attached hydrogen (secondary N) is 1. The van der Waals surface area contributed by atoms with Gasteiger partial charge < -0.3 is 10.4 Å². The highest BCUT2D eigenvalue weighted by molar-refractivity contribution is 5.85. The summed E-state index contributed by atoms with van der Waals surface area (Å²) < 4.78 is 28.6. The van der Waals surface area contributed by atoms with Crippen LogP contribution in [0, 0.1) is 13.8 Å². The van der Waals surface area contributed by atoms with Crippen molar-refractivity contribution in [3.8, 4) is 0 Å². The van der Waals surface area contributed by atoms with E-state index in [9.17, 15) is 8.78 Å². The number of hydrogen-bond acceptors (Lipinski definition) is 3. The lowest BCUT2D eigenvalue weighted by Gasteiger charge is -2.39. The molecule has 0 aliphatic carbocycles. The molecular formula is C15H23ClF2N2O. The minimum atomic E-state index is -3.14. The molecule has 1 atom stereocenters. The van der Waals surface area contributed by atoms with Gasteiger partial charge in [-0.05, 0) is 30.5 Å². The Morgan fingerprint density at radius 1 is 1.29 bits per heavy atom. The molecule has 1 aliphatic rings. The lowest BCUT2D eigenvalue weighted by molar-refractivity contribution is -0.118. The lowest BCUT2D eigenvalue weighted by Crippen LogP contribution is -2.51. The van der Waals surface area contributed by atoms with Crippen molar-refractivity contribution < 1.29 is 13.9 Å². The van der Waals surface area contributed by atoms with Crippen molar-refractivity contribution in [3.63, 3.8) is 0 Å². The minimum Gasteiger partial charge on any atom is -0.390 e. The van der Waals surface area contributed by atoms with Crippen LogP contribution in [0.25, 0.3) is 0 Å². The first-order valence-electron chi connectivity index (χ1n) is 6.97. The highest BCUT2D eigenvalue weighted by Gasteiger charge is 2.44. The lowest BCUT2D eigenvalue weighted by atomic mass is 9.92. The van der Waals surface area contributed by atoms with Crippen LogP contribution < -0.4 is 5.32 Å². The van der Waals surface area contributed by atoms with Crippen LogP contribution in [0.5, 0.6) is 0 Å². The summed E-state index contributed by atoms with van der Waals surface area (Å²) in [7, 11) is 0. The number of halogens is 3. The summed E-state index contributed by atoms with van der Waals surface area (Å²) >= 11 is 0. The van der Waals surface area contributed by atoms with Gasteiger partial charge >= 0.3 is 0 Å². The number of alkyl halides is 2. The number of aliphatic hydroxyl groups excluding tert-OH is 1. The van der Waals surface area contributed by atoms with E-state index in [2.05, 4.69) is 5.32 Å². The highest BCUT2D eigenvalue weighted by atomic mass is 35.5. The number of benzene rings is 1. The van der Waals surface area contributed by atoms with Crippen LogP contribution in [-0.2, 0) is 0 Å². The molecule has 2 rings (SSSR count). The van der Waals surface area contributed by atoms with E-state index in [-0.39, 0.29) is 12.4 Å². The second kappa shape index (κ2) is 7.49. The van der Waals surface area contributed by atoms with Crippen LogP contribution in [0.2, 0.25) is 0 Å². The molecule has 0 amide bonds. The summed E-state index contributed by atoms with van der Waals surface area (Å²) in [4.78, 5) is 1.77. The van der Waals surface area contributed by atoms with Crippen LogP contribution >= 0.6 is 12.4 Å². The SMILES string of the molecule is Cc1cccc([C@H](N2CCNCC2)C(F)(F)CO)c1C.Cl. The summed E-state index contributed by atoms with van der Waals surface area (Å²) in [5.41, 5.74) is 2.49. The molecule has 1 aromatic rings. The van der Waals surface area contributed by atoms with Crippen molar-refractivity contribution in [2.45, 2.75) is 25.8 Å². The molecule has 21 heavy (non-hydrogen) atoms. The van der Waals surface area contributed by atoms with Crippen molar-refractivity contribution in [2.75, 3.05) is 32.8 Å². The number of rotatable bonds is 4. The van der Waals surface area contributed by atoms with E-state index in [0.717, 1.165) is 11.1 Å². The van der Waals surface area contributed by atoms with E-state index in [1.54, 1.807) is 17.0 Å². The molecule has 6 heteroatoms. The Balaban J connectivity index is 0.00000220. The van der Waals surface area contributed by atoms with Gasteiger partial charge in [-0.2, -0.15) is 0 Å². The quantitative estimate of drug-likeness (QED) is 0.893. The maximum absolute atomic E-state index is 14.3. The summed E-state index contributed by atoms with van der Waals surface area (Å²) in [5.74, 6) is -3.14. The molecule has 2 N–H and O–H groups in total. The van der Waals surface area contributed by atoms with Crippen molar-refractivity contribution >= 4 is 12.4 Å². The third-order valence-corrected chi connectivity index (χ3v) is 4.07. The van der Waals surface area contributed by atoms with E-state index in [0.29, 0.717) is 31.7 Å². The van der Waals surface area contributed by atoms with Crippen molar-refractivity contribution in [1.29, 1.82) is 0 Å². The van der Waals surface area contributed by atoms with Crippen molar-refractivity contribution in [3.05, 3.63) is 34.9 Å². The molecule has 1 heterocycles. The van der Waals surface area contributed by atoms with Crippen LogP contribution in [0.15, 0.2) is 18.2 Å². The van der Waals surface area contributed by atoms with Gasteiger partial charge in [-0.1, -0.05) is 18.2 Å². The minimum absolute atomic E-state index is 0. The molecule has 0 saturated carbocycles. The van der Waals surface area contributed by atoms with E-state index >= 15 is 0 Å². The van der Waals surface area contributed by atoms with Crippen LogP contribution in [-0.4, -0.2) is 48.7 Å². The molecule has 0 spiro atoms. The molecule has 0 aromatic heterocycles. The van der Waals surface area contributed by atoms with Gasteiger partial charge in [0, 0.05) is 26.2 Å². The molecule has 120 valence electrons. The standard InChI is InChI=1S/C15H22F2N2O.ClH/c1-11-4-3-5-13(12(11)2)14(15(16,17)10-20)19-8-6-18-7-9-19;/h3-5,14,18,20H,6-10H2,1-2H3;1H/t14-;/m0./s1. The average molecular weight is 321 g/mol. The maximum Gasteiger partial charge on any atom is 0.289 e. The fourth-order valence-corrected chi connectivity index (χ4v) is 2.79. The van der Waals surface area contributed by atoms with Crippen molar-refractivity contribution in [1.82, 2.24) is 10.2 Å². The number of nitrogens with zero attached hydrogens (tertiary/aromatic N) is 1. The molecular weight excluding hydrogens is 298 g/mol. The molecule has 1 saturated heterocycles. The first-order chi connectivity index (χ1) is 9.47. The maximum atomic E-state index is 14.3. The zero-order valence-corrected chi connectivity index (χ0v) is 13.2. The van der Waals surface area contributed by atoms with Crippen LogP contribution in [0.4, 0.5) is 8.78 Å². The van der Waals surface area contributed by atoms with Crippen LogP contribution in [0.3, 0.4) is 0 Å². The second-order valence-corrected chi connectivity index (χ2v) is 5.40. The number of hydrogen-bond donors (Lipinski definition) is 2. The van der Waals surface area contributed by atoms with Gasteiger partial charge in [-0.15, -0.1) is 12.4 Å². The second-order valence-electron chi connectivity index (χ2n) is 5.40. The predicted octanol–water partition coefficient (Wildman–Crippen LogP) is 2.30. The van der Waals surface area contributed by atoms with Crippen LogP contribution in [0.1, 0.15) is 22.7 Å². The Morgan fingerprint density at radius 2 is 1.90 bits per heavy atom. The van der Waals surface area contributed by atoms with Gasteiger partial charge in [0.25, 0.3) is 5.92 Å². The molecule has 1 aliphatic heterocycles. The van der Waals surface area contributed by atoms with E-state index in [4.69, 9.17) is 5.11 Å². The number of aryl methyl sites for hydroxylation is 1. The topological polar surface area (TPSA) is 35.5 Å². The van der Waals surface area contributed by atoms with E-state index < -0.39 is 18.6 Å². The fourth-order valence-electron chi connectivity index (χ4n) is 2.79. The monoisotopic (exact) mass is 320 g/mol. The molecule has 0 radical (unpaired) electrons. The van der Waals surface area contributed by atoms with Gasteiger partial charge in [-0.3, -0.25) is 4.90 Å². The number of piperazine rings is 1. The summed E-state index contributed by atoms with van der Waals surface area (Å²) in [6, 6.07) is 4.42. The van der Waals surface area contributed by atoms with Gasteiger partial charge in [0.2, 0.25) is 0 Å². The molecule has 1 aromatic carbocycles. The third kappa shape index (κ3) is 3.92.